The van der Waals surface area contributed by atoms with Gasteiger partial charge in [0.15, 0.2) is 0 Å². The number of rotatable bonds is 10. The number of hydrogen-bond acceptors (Lipinski definition) is 4. The van der Waals surface area contributed by atoms with Gasteiger partial charge >= 0.3 is 6.18 Å². The topological polar surface area (TPSA) is 86.8 Å². The summed E-state index contributed by atoms with van der Waals surface area (Å²) in [5.41, 5.74) is 0.293. The standard InChI is InChI=1S/C24H30F3N3O4S/c1-5-21(23(32)28-6-2)29(15-18-11-8-7-10-17(18)3)22(31)16-30(35(4,33)34)20-13-9-12-19(14-20)24(25,26)27/h7-14,21H,5-6,15-16H2,1-4H3,(H,28,32)/t21-/m1/s1. The zero-order valence-corrected chi connectivity index (χ0v) is 20.9. The quantitative estimate of drug-likeness (QED) is 0.525. The number of halogens is 3. The number of carbonyl (C=O) groups is 2. The average Bonchev–Trinajstić information content (AvgIpc) is 2.77. The lowest BCUT2D eigenvalue weighted by molar-refractivity contribution is -0.140. The molecule has 0 aliphatic rings. The van der Waals surface area contributed by atoms with Crippen LogP contribution in [0.1, 0.15) is 37.0 Å². The maximum atomic E-state index is 13.5. The largest absolute Gasteiger partial charge is 0.416 e. The van der Waals surface area contributed by atoms with E-state index in [-0.39, 0.29) is 18.7 Å². The van der Waals surface area contributed by atoms with Gasteiger partial charge in [-0.1, -0.05) is 37.3 Å². The van der Waals surface area contributed by atoms with Gasteiger partial charge in [0, 0.05) is 13.1 Å². The number of sulfonamides is 1. The number of carbonyl (C=O) groups excluding carboxylic acids is 2. The van der Waals surface area contributed by atoms with E-state index < -0.39 is 46.2 Å². The number of aryl methyl sites for hydroxylation is 1. The highest BCUT2D eigenvalue weighted by Crippen LogP contribution is 2.32. The van der Waals surface area contributed by atoms with E-state index in [1.807, 2.05) is 19.1 Å². The molecule has 0 unspecified atom stereocenters. The van der Waals surface area contributed by atoms with Crippen LogP contribution in [-0.2, 0) is 32.3 Å². The molecule has 0 saturated carbocycles. The number of amides is 2. The Morgan fingerprint density at radius 2 is 1.71 bits per heavy atom. The molecular weight excluding hydrogens is 483 g/mol. The van der Waals surface area contributed by atoms with E-state index in [1.165, 1.54) is 11.0 Å². The van der Waals surface area contributed by atoms with Crippen molar-refractivity contribution in [3.05, 3.63) is 65.2 Å². The molecule has 35 heavy (non-hydrogen) atoms. The van der Waals surface area contributed by atoms with Crippen LogP contribution in [0.2, 0.25) is 0 Å². The molecule has 0 bridgehead atoms. The number of anilines is 1. The zero-order valence-electron chi connectivity index (χ0n) is 20.1. The van der Waals surface area contributed by atoms with Gasteiger partial charge < -0.3 is 10.2 Å². The molecule has 192 valence electrons. The van der Waals surface area contributed by atoms with Crippen molar-refractivity contribution in [2.75, 3.05) is 23.7 Å². The first-order valence-electron chi connectivity index (χ1n) is 11.1. The first-order valence-corrected chi connectivity index (χ1v) is 12.9. The molecule has 2 rings (SSSR count). The molecular formula is C24H30F3N3O4S. The predicted molar refractivity (Wildman–Crippen MR) is 128 cm³/mol. The second-order valence-electron chi connectivity index (χ2n) is 8.08. The molecule has 0 heterocycles. The lowest BCUT2D eigenvalue weighted by Gasteiger charge is -2.33. The first kappa shape index (κ1) is 28.2. The minimum absolute atomic E-state index is 0.0291. The average molecular weight is 514 g/mol. The van der Waals surface area contributed by atoms with Crippen LogP contribution in [0.25, 0.3) is 0 Å². The Bertz CT molecular complexity index is 1150. The van der Waals surface area contributed by atoms with E-state index in [0.29, 0.717) is 16.9 Å². The summed E-state index contributed by atoms with van der Waals surface area (Å²) >= 11 is 0. The molecule has 0 radical (unpaired) electrons. The van der Waals surface area contributed by atoms with Gasteiger partial charge in [-0.3, -0.25) is 13.9 Å². The van der Waals surface area contributed by atoms with Gasteiger partial charge in [0.1, 0.15) is 12.6 Å². The Kier molecular flexibility index (Phi) is 9.31. The number of nitrogens with one attached hydrogen (secondary N) is 1. The van der Waals surface area contributed by atoms with Crippen LogP contribution < -0.4 is 9.62 Å². The Labute approximate surface area is 204 Å². The summed E-state index contributed by atoms with van der Waals surface area (Å²) in [5, 5.41) is 2.68. The van der Waals surface area contributed by atoms with E-state index in [0.717, 1.165) is 29.5 Å². The minimum Gasteiger partial charge on any atom is -0.355 e. The maximum absolute atomic E-state index is 13.5. The number of likely N-dealkylation sites (N-methyl/N-ethyl adjacent to an activating group) is 1. The number of benzene rings is 2. The van der Waals surface area contributed by atoms with Gasteiger partial charge in [-0.2, -0.15) is 13.2 Å². The normalized spacial score (nSPS) is 12.7. The highest BCUT2D eigenvalue weighted by molar-refractivity contribution is 7.92. The summed E-state index contributed by atoms with van der Waals surface area (Å²) in [5.74, 6) is -1.11. The van der Waals surface area contributed by atoms with Crippen molar-refractivity contribution >= 4 is 27.5 Å². The van der Waals surface area contributed by atoms with Crippen LogP contribution in [0, 0.1) is 6.92 Å². The van der Waals surface area contributed by atoms with Crippen LogP contribution in [0.3, 0.4) is 0 Å². The summed E-state index contributed by atoms with van der Waals surface area (Å²) in [6.07, 6.45) is -3.62. The Hall–Kier alpha value is -3.08. The maximum Gasteiger partial charge on any atom is 0.416 e. The molecule has 2 aromatic rings. The smallest absolute Gasteiger partial charge is 0.355 e. The van der Waals surface area contributed by atoms with Crippen LogP contribution in [-0.4, -0.2) is 50.5 Å². The van der Waals surface area contributed by atoms with E-state index >= 15 is 0 Å². The van der Waals surface area contributed by atoms with Gasteiger partial charge in [-0.15, -0.1) is 0 Å². The Morgan fingerprint density at radius 1 is 1.06 bits per heavy atom. The number of nitrogens with zero attached hydrogens (tertiary/aromatic N) is 2. The predicted octanol–water partition coefficient (Wildman–Crippen LogP) is 3.72. The van der Waals surface area contributed by atoms with E-state index in [9.17, 15) is 31.2 Å². The zero-order chi connectivity index (χ0) is 26.4. The van der Waals surface area contributed by atoms with Crippen molar-refractivity contribution < 1.29 is 31.2 Å². The van der Waals surface area contributed by atoms with Crippen molar-refractivity contribution in [2.45, 2.75) is 46.0 Å². The Morgan fingerprint density at radius 3 is 2.26 bits per heavy atom. The van der Waals surface area contributed by atoms with Crippen molar-refractivity contribution in [1.82, 2.24) is 10.2 Å². The summed E-state index contributed by atoms with van der Waals surface area (Å²) < 4.78 is 65.4. The molecule has 0 spiro atoms. The first-order chi connectivity index (χ1) is 16.3. The van der Waals surface area contributed by atoms with Crippen LogP contribution >= 0.6 is 0 Å². The van der Waals surface area contributed by atoms with Crippen LogP contribution in [0.15, 0.2) is 48.5 Å². The molecule has 0 aliphatic carbocycles. The molecule has 0 aromatic heterocycles. The highest BCUT2D eigenvalue weighted by Gasteiger charge is 2.34. The molecule has 1 N–H and O–H groups in total. The van der Waals surface area contributed by atoms with Crippen molar-refractivity contribution in [2.24, 2.45) is 0 Å². The third-order valence-corrected chi connectivity index (χ3v) is 6.62. The summed E-state index contributed by atoms with van der Waals surface area (Å²) in [6, 6.07) is 10.1. The molecule has 0 fully saturated rings. The number of alkyl halides is 3. The summed E-state index contributed by atoms with van der Waals surface area (Å²) in [4.78, 5) is 27.5. The summed E-state index contributed by atoms with van der Waals surface area (Å²) in [6.45, 7) is 4.90. The molecule has 1 atom stereocenters. The fourth-order valence-corrected chi connectivity index (χ4v) is 4.48. The fourth-order valence-electron chi connectivity index (χ4n) is 3.63. The van der Waals surface area contributed by atoms with Gasteiger partial charge in [0.05, 0.1) is 17.5 Å². The van der Waals surface area contributed by atoms with Crippen molar-refractivity contribution in [3.63, 3.8) is 0 Å². The molecule has 7 nitrogen and oxygen atoms in total. The lowest BCUT2D eigenvalue weighted by Crippen LogP contribution is -2.52. The van der Waals surface area contributed by atoms with Crippen molar-refractivity contribution in [1.29, 1.82) is 0 Å². The minimum atomic E-state index is -4.69. The lowest BCUT2D eigenvalue weighted by atomic mass is 10.1. The molecule has 2 amide bonds. The van der Waals surface area contributed by atoms with E-state index in [2.05, 4.69) is 5.32 Å². The van der Waals surface area contributed by atoms with E-state index in [4.69, 9.17) is 0 Å². The van der Waals surface area contributed by atoms with Gasteiger partial charge in [0.25, 0.3) is 0 Å². The molecule has 11 heteroatoms. The third kappa shape index (κ3) is 7.45. The second-order valence-corrected chi connectivity index (χ2v) is 9.99. The van der Waals surface area contributed by atoms with Crippen LogP contribution in [0.4, 0.5) is 18.9 Å². The highest BCUT2D eigenvalue weighted by atomic mass is 32.2. The SMILES string of the molecule is CCNC(=O)[C@@H](CC)N(Cc1ccccc1C)C(=O)CN(c1cccc(C(F)(F)F)c1)S(C)(=O)=O. The fraction of sp³-hybridized carbons (Fsp3) is 0.417. The monoisotopic (exact) mass is 513 g/mol. The van der Waals surface area contributed by atoms with Gasteiger partial charge in [-0.25, -0.2) is 8.42 Å². The van der Waals surface area contributed by atoms with E-state index in [1.54, 1.807) is 26.0 Å². The number of hydrogen-bond donors (Lipinski definition) is 1. The summed E-state index contributed by atoms with van der Waals surface area (Å²) in [7, 11) is -4.13. The van der Waals surface area contributed by atoms with Gasteiger partial charge in [0.2, 0.25) is 21.8 Å². The van der Waals surface area contributed by atoms with Crippen molar-refractivity contribution in [3.8, 4) is 0 Å². The van der Waals surface area contributed by atoms with Crippen LogP contribution in [0.5, 0.6) is 0 Å². The molecule has 2 aromatic carbocycles. The van der Waals surface area contributed by atoms with Gasteiger partial charge in [-0.05, 0) is 49.6 Å². The Balaban J connectivity index is 2.50. The molecule has 0 saturated heterocycles. The molecule has 0 aliphatic heterocycles. The second kappa shape index (κ2) is 11.6. The third-order valence-electron chi connectivity index (χ3n) is 5.48.